The topological polar surface area (TPSA) is 18.5 Å². The summed E-state index contributed by atoms with van der Waals surface area (Å²) in [6.07, 6.45) is 6.72. The Morgan fingerprint density at radius 1 is 1.04 bits per heavy atom. The van der Waals surface area contributed by atoms with Gasteiger partial charge in [-0.15, -0.1) is 0 Å². The second-order valence-electron chi connectivity index (χ2n) is 7.23. The van der Waals surface area contributed by atoms with E-state index in [0.717, 1.165) is 6.04 Å². The Morgan fingerprint density at radius 3 is 2.57 bits per heavy atom. The van der Waals surface area contributed by atoms with Crippen LogP contribution >= 0.6 is 0 Å². The highest BCUT2D eigenvalue weighted by molar-refractivity contribution is 5.53. The Bertz CT molecular complexity index is 480. The van der Waals surface area contributed by atoms with E-state index in [1.165, 1.54) is 76.1 Å². The Balaban J connectivity index is 1.45. The maximum atomic E-state index is 3.87. The maximum Gasteiger partial charge on any atom is 0.0395 e. The van der Waals surface area contributed by atoms with E-state index in [-0.39, 0.29) is 0 Å². The summed E-state index contributed by atoms with van der Waals surface area (Å²) in [5.74, 6) is 0. The van der Waals surface area contributed by atoms with Crippen molar-refractivity contribution in [3.05, 3.63) is 29.8 Å². The van der Waals surface area contributed by atoms with Crippen molar-refractivity contribution in [1.82, 2.24) is 10.2 Å². The predicted octanol–water partition coefficient (Wildman–Crippen LogP) is 3.43. The van der Waals surface area contributed by atoms with Crippen LogP contribution in [0, 0.1) is 6.92 Å². The molecule has 1 aromatic carbocycles. The molecule has 0 aromatic heterocycles. The van der Waals surface area contributed by atoms with Crippen LogP contribution < -0.4 is 10.2 Å². The van der Waals surface area contributed by atoms with Gasteiger partial charge in [-0.05, 0) is 57.3 Å². The number of anilines is 1. The molecule has 3 rings (SSSR count). The predicted molar refractivity (Wildman–Crippen MR) is 99.3 cm³/mol. The Hall–Kier alpha value is -1.06. The van der Waals surface area contributed by atoms with Gasteiger partial charge >= 0.3 is 0 Å². The second kappa shape index (κ2) is 8.16. The molecule has 23 heavy (non-hydrogen) atoms. The van der Waals surface area contributed by atoms with E-state index in [9.17, 15) is 0 Å². The molecule has 0 bridgehead atoms. The van der Waals surface area contributed by atoms with Gasteiger partial charge < -0.3 is 10.2 Å². The normalized spacial score (nSPS) is 24.1. The van der Waals surface area contributed by atoms with Crippen molar-refractivity contribution in [2.45, 2.75) is 58.0 Å². The van der Waals surface area contributed by atoms with Crippen LogP contribution in [0.2, 0.25) is 0 Å². The fourth-order valence-electron chi connectivity index (χ4n) is 4.25. The number of piperidine rings is 2. The van der Waals surface area contributed by atoms with Crippen LogP contribution in [0.4, 0.5) is 5.69 Å². The minimum Gasteiger partial charge on any atom is -0.371 e. The van der Waals surface area contributed by atoms with Gasteiger partial charge in [0.25, 0.3) is 0 Å². The van der Waals surface area contributed by atoms with Crippen LogP contribution in [0.5, 0.6) is 0 Å². The number of nitrogens with one attached hydrogen (secondary N) is 1. The average Bonchev–Trinajstić information content (AvgIpc) is 2.61. The molecule has 0 radical (unpaired) electrons. The van der Waals surface area contributed by atoms with Gasteiger partial charge in [-0.25, -0.2) is 0 Å². The molecule has 2 saturated heterocycles. The third-order valence-electron chi connectivity index (χ3n) is 5.75. The van der Waals surface area contributed by atoms with Crippen molar-refractivity contribution >= 4 is 5.69 Å². The summed E-state index contributed by atoms with van der Waals surface area (Å²) in [5, 5.41) is 3.87. The van der Waals surface area contributed by atoms with Gasteiger partial charge in [0.1, 0.15) is 0 Å². The molecule has 1 aromatic rings. The van der Waals surface area contributed by atoms with Crippen molar-refractivity contribution < 1.29 is 0 Å². The Labute approximate surface area is 142 Å². The van der Waals surface area contributed by atoms with Gasteiger partial charge in [-0.1, -0.05) is 31.5 Å². The first-order valence-corrected chi connectivity index (χ1v) is 9.56. The molecule has 2 aliphatic heterocycles. The largest absolute Gasteiger partial charge is 0.371 e. The molecular formula is C20H33N3. The number of likely N-dealkylation sites (tertiary alicyclic amines) is 1. The Morgan fingerprint density at radius 2 is 1.83 bits per heavy atom. The van der Waals surface area contributed by atoms with Crippen molar-refractivity contribution in [1.29, 1.82) is 0 Å². The molecule has 1 atom stereocenters. The molecule has 2 heterocycles. The van der Waals surface area contributed by atoms with Crippen LogP contribution in [-0.4, -0.2) is 49.7 Å². The molecule has 0 aliphatic carbocycles. The van der Waals surface area contributed by atoms with E-state index in [1.54, 1.807) is 0 Å². The second-order valence-corrected chi connectivity index (χ2v) is 7.23. The third kappa shape index (κ3) is 4.27. The zero-order valence-corrected chi connectivity index (χ0v) is 14.9. The lowest BCUT2D eigenvalue weighted by atomic mass is 9.99. The fraction of sp³-hybridized carbons (Fsp3) is 0.700. The van der Waals surface area contributed by atoms with E-state index < -0.39 is 0 Å². The summed E-state index contributed by atoms with van der Waals surface area (Å²) < 4.78 is 0. The summed E-state index contributed by atoms with van der Waals surface area (Å²) >= 11 is 0. The molecule has 3 heteroatoms. The van der Waals surface area contributed by atoms with Gasteiger partial charge in [-0.2, -0.15) is 0 Å². The van der Waals surface area contributed by atoms with E-state index in [2.05, 4.69) is 53.2 Å². The van der Waals surface area contributed by atoms with Gasteiger partial charge in [0.05, 0.1) is 0 Å². The number of para-hydroxylation sites is 1. The summed E-state index contributed by atoms with van der Waals surface area (Å²) in [4.78, 5) is 5.23. The van der Waals surface area contributed by atoms with E-state index in [0.29, 0.717) is 6.04 Å². The number of aryl methyl sites for hydroxylation is 1. The number of likely N-dealkylation sites (N-methyl/N-ethyl adjacent to an activating group) is 1. The zero-order chi connectivity index (χ0) is 16.1. The lowest BCUT2D eigenvalue weighted by Crippen LogP contribution is -2.50. The van der Waals surface area contributed by atoms with Crippen molar-refractivity contribution in [3.63, 3.8) is 0 Å². The van der Waals surface area contributed by atoms with Crippen LogP contribution in [0.3, 0.4) is 0 Å². The third-order valence-corrected chi connectivity index (χ3v) is 5.75. The van der Waals surface area contributed by atoms with Crippen molar-refractivity contribution in [2.75, 3.05) is 37.6 Å². The van der Waals surface area contributed by atoms with E-state index in [1.807, 2.05) is 0 Å². The van der Waals surface area contributed by atoms with E-state index in [4.69, 9.17) is 0 Å². The molecule has 2 aliphatic rings. The lowest BCUT2D eigenvalue weighted by molar-refractivity contribution is 0.148. The first-order chi connectivity index (χ1) is 11.3. The molecule has 2 fully saturated rings. The number of hydrogen-bond acceptors (Lipinski definition) is 3. The van der Waals surface area contributed by atoms with Crippen molar-refractivity contribution in [3.8, 4) is 0 Å². The highest BCUT2D eigenvalue weighted by atomic mass is 15.2. The first-order valence-electron chi connectivity index (χ1n) is 9.56. The standard InChI is InChI=1S/C20H33N3/c1-3-22-13-7-6-9-19(22)16-21-18-11-14-23(15-12-18)20-10-5-4-8-17(20)2/h4-5,8,10,18-19,21H,3,6-7,9,11-16H2,1-2H3/t19-/m0/s1. The Kier molecular flexibility index (Phi) is 5.96. The quantitative estimate of drug-likeness (QED) is 0.898. The monoisotopic (exact) mass is 315 g/mol. The summed E-state index contributed by atoms with van der Waals surface area (Å²) in [6, 6.07) is 10.3. The van der Waals surface area contributed by atoms with Crippen LogP contribution in [-0.2, 0) is 0 Å². The van der Waals surface area contributed by atoms with Crippen molar-refractivity contribution in [2.24, 2.45) is 0 Å². The van der Waals surface area contributed by atoms with E-state index >= 15 is 0 Å². The minimum atomic E-state index is 0.705. The smallest absolute Gasteiger partial charge is 0.0395 e. The number of rotatable bonds is 5. The first kappa shape index (κ1) is 16.8. The molecule has 3 nitrogen and oxygen atoms in total. The van der Waals surface area contributed by atoms with Crippen LogP contribution in [0.25, 0.3) is 0 Å². The van der Waals surface area contributed by atoms with Gasteiger partial charge in [0.2, 0.25) is 0 Å². The average molecular weight is 316 g/mol. The minimum absolute atomic E-state index is 0.705. The SMILES string of the molecule is CCN1CCCC[C@H]1CNC1CCN(c2ccccc2C)CC1. The molecule has 0 saturated carbocycles. The number of benzene rings is 1. The van der Waals surface area contributed by atoms with Gasteiger partial charge in [0, 0.05) is 37.4 Å². The molecule has 0 amide bonds. The van der Waals surface area contributed by atoms with Gasteiger partial charge in [-0.3, -0.25) is 4.90 Å². The lowest BCUT2D eigenvalue weighted by Gasteiger charge is -2.38. The molecule has 0 unspecified atom stereocenters. The molecule has 0 spiro atoms. The summed E-state index contributed by atoms with van der Waals surface area (Å²) in [6.45, 7) is 10.6. The van der Waals surface area contributed by atoms with Gasteiger partial charge in [0.15, 0.2) is 0 Å². The zero-order valence-electron chi connectivity index (χ0n) is 14.9. The van der Waals surface area contributed by atoms with Crippen LogP contribution in [0.1, 0.15) is 44.6 Å². The highest BCUT2D eigenvalue weighted by Gasteiger charge is 2.24. The summed E-state index contributed by atoms with van der Waals surface area (Å²) in [7, 11) is 0. The summed E-state index contributed by atoms with van der Waals surface area (Å²) in [5.41, 5.74) is 2.83. The molecule has 1 N–H and O–H groups in total. The molecular weight excluding hydrogens is 282 g/mol. The van der Waals surface area contributed by atoms with Crippen LogP contribution in [0.15, 0.2) is 24.3 Å². The number of hydrogen-bond donors (Lipinski definition) is 1. The molecule has 128 valence electrons. The highest BCUT2D eigenvalue weighted by Crippen LogP contribution is 2.23. The fourth-order valence-corrected chi connectivity index (χ4v) is 4.25. The maximum absolute atomic E-state index is 3.87. The number of nitrogens with zero attached hydrogens (tertiary/aromatic N) is 2.